The summed E-state index contributed by atoms with van der Waals surface area (Å²) < 4.78 is 5.45. The number of hydrogen-bond donors (Lipinski definition) is 1. The van der Waals surface area contributed by atoms with Gasteiger partial charge in [-0.2, -0.15) is 0 Å². The van der Waals surface area contributed by atoms with E-state index < -0.39 is 0 Å². The minimum Gasteiger partial charge on any atom is -0.493 e. The molecule has 4 heteroatoms. The molecular weight excluding hydrogens is 208 g/mol. The Kier molecular flexibility index (Phi) is 1.89. The fraction of sp³-hybridized carbons (Fsp3) is 0.182. The van der Waals surface area contributed by atoms with Crippen LogP contribution in [0.3, 0.4) is 0 Å². The number of aromatic nitrogens is 1. The molecule has 76 valence electrons. The Labute approximate surface area is 91.5 Å². The number of hydrogen-bond acceptors (Lipinski definition) is 4. The van der Waals surface area contributed by atoms with Crippen LogP contribution in [0.2, 0.25) is 0 Å². The number of nitrogens with zero attached hydrogens (tertiary/aromatic N) is 1. The van der Waals surface area contributed by atoms with Crippen molar-refractivity contribution in [2.45, 2.75) is 6.42 Å². The summed E-state index contributed by atoms with van der Waals surface area (Å²) in [6.45, 7) is 0.790. The molecule has 1 aromatic carbocycles. The van der Waals surface area contributed by atoms with Crippen molar-refractivity contribution < 1.29 is 4.74 Å². The van der Waals surface area contributed by atoms with Crippen LogP contribution in [-0.4, -0.2) is 11.6 Å². The number of nitrogen functional groups attached to an aromatic ring is 1. The third-order valence-electron chi connectivity index (χ3n) is 2.46. The molecule has 0 fully saturated rings. The average Bonchev–Trinajstić information content (AvgIpc) is 2.84. The van der Waals surface area contributed by atoms with E-state index in [1.807, 2.05) is 17.5 Å². The summed E-state index contributed by atoms with van der Waals surface area (Å²) in [6, 6.07) is 6.18. The van der Waals surface area contributed by atoms with E-state index >= 15 is 0 Å². The van der Waals surface area contributed by atoms with Crippen LogP contribution in [0.1, 0.15) is 5.56 Å². The van der Waals surface area contributed by atoms with E-state index in [0.717, 1.165) is 29.3 Å². The summed E-state index contributed by atoms with van der Waals surface area (Å²) in [5.74, 6) is 1.59. The van der Waals surface area contributed by atoms with Gasteiger partial charge in [0.25, 0.3) is 0 Å². The second kappa shape index (κ2) is 3.24. The highest BCUT2D eigenvalue weighted by atomic mass is 32.1. The van der Waals surface area contributed by atoms with E-state index in [9.17, 15) is 0 Å². The van der Waals surface area contributed by atoms with Gasteiger partial charge in [0.2, 0.25) is 0 Å². The minimum atomic E-state index is 0.590. The summed E-state index contributed by atoms with van der Waals surface area (Å²) in [6.07, 6.45) is 0.990. The molecule has 3 rings (SSSR count). The molecule has 0 bridgehead atoms. The standard InChI is InChI=1S/C11H10N2OS/c12-10-6-15-11(13-10)8-1-2-9-7(5-8)3-4-14-9/h1-2,5-6H,3-4,12H2. The molecule has 3 nitrogen and oxygen atoms in total. The molecule has 0 saturated heterocycles. The van der Waals surface area contributed by atoms with Crippen LogP contribution >= 0.6 is 11.3 Å². The monoisotopic (exact) mass is 218 g/mol. The van der Waals surface area contributed by atoms with E-state index in [0.29, 0.717) is 5.82 Å². The van der Waals surface area contributed by atoms with Gasteiger partial charge in [0.15, 0.2) is 0 Å². The molecule has 0 radical (unpaired) electrons. The molecular formula is C11H10N2OS. The van der Waals surface area contributed by atoms with Crippen LogP contribution in [0.25, 0.3) is 10.6 Å². The summed E-state index contributed by atoms with van der Waals surface area (Å²) in [7, 11) is 0. The molecule has 0 saturated carbocycles. The Bertz CT molecular complexity index is 507. The maximum atomic E-state index is 5.60. The minimum absolute atomic E-state index is 0.590. The van der Waals surface area contributed by atoms with Crippen LogP contribution in [0, 0.1) is 0 Å². The molecule has 2 aromatic rings. The lowest BCUT2D eigenvalue weighted by molar-refractivity contribution is 0.357. The van der Waals surface area contributed by atoms with Gasteiger partial charge in [-0.1, -0.05) is 0 Å². The summed E-state index contributed by atoms with van der Waals surface area (Å²) in [5, 5.41) is 2.83. The maximum absolute atomic E-state index is 5.60. The van der Waals surface area contributed by atoms with Gasteiger partial charge in [-0.3, -0.25) is 0 Å². The lowest BCUT2D eigenvalue weighted by Crippen LogP contribution is -1.85. The predicted molar refractivity (Wildman–Crippen MR) is 61.2 cm³/mol. The number of fused-ring (bicyclic) bond motifs is 1. The average molecular weight is 218 g/mol. The quantitative estimate of drug-likeness (QED) is 0.799. The van der Waals surface area contributed by atoms with E-state index in [1.165, 1.54) is 5.56 Å². The normalized spacial score (nSPS) is 13.6. The van der Waals surface area contributed by atoms with Gasteiger partial charge in [0.1, 0.15) is 16.6 Å². The molecule has 1 aliphatic rings. The molecule has 2 heterocycles. The van der Waals surface area contributed by atoms with Gasteiger partial charge in [0, 0.05) is 17.4 Å². The van der Waals surface area contributed by atoms with Crippen molar-refractivity contribution in [2.24, 2.45) is 0 Å². The Morgan fingerprint density at radius 2 is 2.33 bits per heavy atom. The second-order valence-corrected chi connectivity index (χ2v) is 4.36. The zero-order chi connectivity index (χ0) is 10.3. The first-order valence-electron chi connectivity index (χ1n) is 4.80. The fourth-order valence-electron chi connectivity index (χ4n) is 1.74. The molecule has 15 heavy (non-hydrogen) atoms. The fourth-order valence-corrected chi connectivity index (χ4v) is 2.44. The number of thiazole rings is 1. The summed E-state index contributed by atoms with van der Waals surface area (Å²) in [4.78, 5) is 4.26. The summed E-state index contributed by atoms with van der Waals surface area (Å²) in [5.41, 5.74) is 7.99. The van der Waals surface area contributed by atoms with E-state index in [-0.39, 0.29) is 0 Å². The number of ether oxygens (including phenoxy) is 1. The highest BCUT2D eigenvalue weighted by Gasteiger charge is 2.13. The smallest absolute Gasteiger partial charge is 0.135 e. The number of anilines is 1. The van der Waals surface area contributed by atoms with Gasteiger partial charge in [-0.15, -0.1) is 11.3 Å². The van der Waals surface area contributed by atoms with Crippen molar-refractivity contribution in [1.82, 2.24) is 4.98 Å². The SMILES string of the molecule is Nc1csc(-c2ccc3c(c2)CCO3)n1. The number of benzene rings is 1. The molecule has 1 aromatic heterocycles. The highest BCUT2D eigenvalue weighted by molar-refractivity contribution is 7.13. The third-order valence-corrected chi connectivity index (χ3v) is 3.37. The topological polar surface area (TPSA) is 48.1 Å². The molecule has 0 unspecified atom stereocenters. The first-order chi connectivity index (χ1) is 7.33. The van der Waals surface area contributed by atoms with Crippen molar-refractivity contribution >= 4 is 17.2 Å². The Hall–Kier alpha value is -1.55. The van der Waals surface area contributed by atoms with Gasteiger partial charge in [-0.05, 0) is 23.8 Å². The Balaban J connectivity index is 2.06. The first-order valence-corrected chi connectivity index (χ1v) is 5.68. The summed E-state index contributed by atoms with van der Waals surface area (Å²) >= 11 is 1.57. The van der Waals surface area contributed by atoms with E-state index in [4.69, 9.17) is 10.5 Å². The van der Waals surface area contributed by atoms with Crippen LogP contribution < -0.4 is 10.5 Å². The van der Waals surface area contributed by atoms with Crippen molar-refractivity contribution in [2.75, 3.05) is 12.3 Å². The van der Waals surface area contributed by atoms with Gasteiger partial charge < -0.3 is 10.5 Å². The molecule has 0 aliphatic carbocycles. The largest absolute Gasteiger partial charge is 0.493 e. The van der Waals surface area contributed by atoms with E-state index in [1.54, 1.807) is 11.3 Å². The molecule has 1 aliphatic heterocycles. The van der Waals surface area contributed by atoms with Gasteiger partial charge in [0.05, 0.1) is 6.61 Å². The van der Waals surface area contributed by atoms with Crippen LogP contribution in [0.5, 0.6) is 5.75 Å². The second-order valence-electron chi connectivity index (χ2n) is 3.50. The van der Waals surface area contributed by atoms with E-state index in [2.05, 4.69) is 11.1 Å². The maximum Gasteiger partial charge on any atom is 0.135 e. The van der Waals surface area contributed by atoms with Crippen molar-refractivity contribution in [3.63, 3.8) is 0 Å². The Morgan fingerprint density at radius 1 is 1.40 bits per heavy atom. The lowest BCUT2D eigenvalue weighted by Gasteiger charge is -2.00. The predicted octanol–water partition coefficient (Wildman–Crippen LogP) is 2.33. The lowest BCUT2D eigenvalue weighted by atomic mass is 10.1. The highest BCUT2D eigenvalue weighted by Crippen LogP contribution is 2.32. The zero-order valence-electron chi connectivity index (χ0n) is 8.06. The third kappa shape index (κ3) is 1.47. The van der Waals surface area contributed by atoms with Gasteiger partial charge in [-0.25, -0.2) is 4.98 Å². The van der Waals surface area contributed by atoms with Crippen molar-refractivity contribution in [3.8, 4) is 16.3 Å². The number of nitrogens with two attached hydrogens (primary N) is 1. The Morgan fingerprint density at radius 3 is 3.13 bits per heavy atom. The van der Waals surface area contributed by atoms with Crippen LogP contribution in [0.4, 0.5) is 5.82 Å². The van der Waals surface area contributed by atoms with Crippen molar-refractivity contribution in [1.29, 1.82) is 0 Å². The molecule has 2 N–H and O–H groups in total. The van der Waals surface area contributed by atoms with Crippen LogP contribution in [0.15, 0.2) is 23.6 Å². The van der Waals surface area contributed by atoms with Gasteiger partial charge >= 0.3 is 0 Å². The number of rotatable bonds is 1. The first kappa shape index (κ1) is 8.73. The van der Waals surface area contributed by atoms with Crippen LogP contribution in [-0.2, 0) is 6.42 Å². The molecule has 0 amide bonds. The van der Waals surface area contributed by atoms with Crippen molar-refractivity contribution in [3.05, 3.63) is 29.1 Å². The molecule has 0 atom stereocenters. The zero-order valence-corrected chi connectivity index (χ0v) is 8.88. The molecule has 0 spiro atoms.